The molecule has 0 atom stereocenters. The van der Waals surface area contributed by atoms with Gasteiger partial charge < -0.3 is 14.5 Å². The predicted octanol–water partition coefficient (Wildman–Crippen LogP) is 3.93. The van der Waals surface area contributed by atoms with Gasteiger partial charge in [0.05, 0.1) is 7.11 Å². The van der Waals surface area contributed by atoms with E-state index in [0.29, 0.717) is 28.8 Å². The first-order valence-electron chi connectivity index (χ1n) is 8.51. The SMILES string of the molecule is COc1cccc(-c2nc(SC)[nH]c(=O)c2C#N)c1OCc1ccc(C)cc1. The zero-order chi connectivity index (χ0) is 20.1. The zero-order valence-corrected chi connectivity index (χ0v) is 16.6. The molecular formula is C21H19N3O3S. The van der Waals surface area contributed by atoms with Crippen LogP contribution in [-0.2, 0) is 6.61 Å². The summed E-state index contributed by atoms with van der Waals surface area (Å²) in [7, 11) is 1.54. The van der Waals surface area contributed by atoms with Crippen molar-refractivity contribution < 1.29 is 9.47 Å². The van der Waals surface area contributed by atoms with Crippen LogP contribution in [0.15, 0.2) is 52.4 Å². The van der Waals surface area contributed by atoms with Crippen LogP contribution in [0.4, 0.5) is 0 Å². The first-order chi connectivity index (χ1) is 13.6. The fourth-order valence-electron chi connectivity index (χ4n) is 2.70. The summed E-state index contributed by atoms with van der Waals surface area (Å²) in [6, 6.07) is 15.3. The number of aromatic nitrogens is 2. The lowest BCUT2D eigenvalue weighted by Gasteiger charge is -2.16. The molecule has 0 spiro atoms. The largest absolute Gasteiger partial charge is 0.493 e. The topological polar surface area (TPSA) is 88.0 Å². The van der Waals surface area contributed by atoms with E-state index in [2.05, 4.69) is 9.97 Å². The molecule has 28 heavy (non-hydrogen) atoms. The van der Waals surface area contributed by atoms with Gasteiger partial charge in [0.1, 0.15) is 23.9 Å². The fraction of sp³-hybridized carbons (Fsp3) is 0.190. The maximum absolute atomic E-state index is 12.3. The number of hydrogen-bond donors (Lipinski definition) is 1. The van der Waals surface area contributed by atoms with E-state index in [1.807, 2.05) is 37.3 Å². The third kappa shape index (κ3) is 4.02. The Hall–Kier alpha value is -3.24. The van der Waals surface area contributed by atoms with E-state index >= 15 is 0 Å². The molecule has 1 N–H and O–H groups in total. The predicted molar refractivity (Wildman–Crippen MR) is 109 cm³/mol. The molecule has 0 bridgehead atoms. The molecule has 0 aliphatic heterocycles. The molecule has 142 valence electrons. The average molecular weight is 393 g/mol. The second kappa shape index (κ2) is 8.63. The van der Waals surface area contributed by atoms with Crippen molar-refractivity contribution in [2.75, 3.05) is 13.4 Å². The third-order valence-electron chi connectivity index (χ3n) is 4.16. The van der Waals surface area contributed by atoms with E-state index in [1.165, 1.54) is 11.8 Å². The molecule has 3 rings (SSSR count). The maximum Gasteiger partial charge on any atom is 0.270 e. The molecular weight excluding hydrogens is 374 g/mol. The summed E-state index contributed by atoms with van der Waals surface area (Å²) in [6.07, 6.45) is 1.80. The van der Waals surface area contributed by atoms with Crippen LogP contribution in [0.3, 0.4) is 0 Å². The number of hydrogen-bond acceptors (Lipinski definition) is 6. The number of thioether (sulfide) groups is 1. The van der Waals surface area contributed by atoms with Gasteiger partial charge in [0, 0.05) is 5.56 Å². The quantitative estimate of drug-likeness (QED) is 0.504. The van der Waals surface area contributed by atoms with Gasteiger partial charge in [0.15, 0.2) is 16.7 Å². The molecule has 3 aromatic rings. The molecule has 0 saturated heterocycles. The van der Waals surface area contributed by atoms with E-state index in [9.17, 15) is 10.1 Å². The smallest absolute Gasteiger partial charge is 0.270 e. The summed E-state index contributed by atoms with van der Waals surface area (Å²) in [5.74, 6) is 0.938. The van der Waals surface area contributed by atoms with E-state index in [1.54, 1.807) is 31.6 Å². The molecule has 2 aromatic carbocycles. The van der Waals surface area contributed by atoms with E-state index in [-0.39, 0.29) is 11.3 Å². The normalized spacial score (nSPS) is 10.4. The van der Waals surface area contributed by atoms with Gasteiger partial charge in [-0.3, -0.25) is 4.79 Å². The maximum atomic E-state index is 12.3. The Bertz CT molecular complexity index is 1090. The van der Waals surface area contributed by atoms with E-state index in [0.717, 1.165) is 11.1 Å². The van der Waals surface area contributed by atoms with Crippen LogP contribution in [0.5, 0.6) is 11.5 Å². The van der Waals surface area contributed by atoms with Crippen LogP contribution in [0.25, 0.3) is 11.3 Å². The number of nitriles is 1. The Morgan fingerprint density at radius 1 is 1.21 bits per heavy atom. The van der Waals surface area contributed by atoms with Crippen LogP contribution in [0, 0.1) is 18.3 Å². The van der Waals surface area contributed by atoms with Crippen molar-refractivity contribution in [3.8, 4) is 28.8 Å². The number of aryl methyl sites for hydroxylation is 1. The molecule has 0 unspecified atom stereocenters. The van der Waals surface area contributed by atoms with Gasteiger partial charge in [0.2, 0.25) is 0 Å². The lowest BCUT2D eigenvalue weighted by atomic mass is 10.1. The molecule has 0 saturated carbocycles. The number of para-hydroxylation sites is 1. The summed E-state index contributed by atoms with van der Waals surface area (Å²) in [4.78, 5) is 19.3. The second-order valence-electron chi connectivity index (χ2n) is 6.02. The Balaban J connectivity index is 2.10. The summed E-state index contributed by atoms with van der Waals surface area (Å²) in [5, 5.41) is 9.91. The van der Waals surface area contributed by atoms with Crippen LogP contribution in [0.2, 0.25) is 0 Å². The van der Waals surface area contributed by atoms with Crippen LogP contribution >= 0.6 is 11.8 Å². The van der Waals surface area contributed by atoms with Crippen molar-refractivity contribution >= 4 is 11.8 Å². The highest BCUT2D eigenvalue weighted by Gasteiger charge is 2.20. The standard InChI is InChI=1S/C21H19N3O3S/c1-13-7-9-14(10-8-13)12-27-19-15(5-4-6-17(19)26-2)18-16(11-22)20(25)24-21(23-18)28-3/h4-10H,12H2,1-3H3,(H,23,24,25). The molecule has 0 amide bonds. The minimum absolute atomic E-state index is 0.0637. The van der Waals surface area contributed by atoms with Gasteiger partial charge in [-0.25, -0.2) is 4.98 Å². The molecule has 0 fully saturated rings. The number of benzene rings is 2. The number of H-pyrrole nitrogens is 1. The molecule has 1 heterocycles. The summed E-state index contributed by atoms with van der Waals surface area (Å²) in [5.41, 5.74) is 2.41. The van der Waals surface area contributed by atoms with Gasteiger partial charge in [-0.2, -0.15) is 5.26 Å². The number of ether oxygens (including phenoxy) is 2. The van der Waals surface area contributed by atoms with Gasteiger partial charge in [0.25, 0.3) is 5.56 Å². The Morgan fingerprint density at radius 3 is 2.61 bits per heavy atom. The minimum atomic E-state index is -0.482. The molecule has 0 aliphatic rings. The third-order valence-corrected chi connectivity index (χ3v) is 4.74. The zero-order valence-electron chi connectivity index (χ0n) is 15.8. The number of rotatable bonds is 6. The Morgan fingerprint density at radius 2 is 1.96 bits per heavy atom. The van der Waals surface area contributed by atoms with Crippen molar-refractivity contribution in [3.63, 3.8) is 0 Å². The summed E-state index contributed by atoms with van der Waals surface area (Å²) in [6.45, 7) is 2.34. The first kappa shape index (κ1) is 19.5. The molecule has 1 aromatic heterocycles. The van der Waals surface area contributed by atoms with E-state index < -0.39 is 5.56 Å². The summed E-state index contributed by atoms with van der Waals surface area (Å²) < 4.78 is 11.5. The van der Waals surface area contributed by atoms with Crippen molar-refractivity contribution in [1.82, 2.24) is 9.97 Å². The molecule has 6 nitrogen and oxygen atoms in total. The number of nitrogens with one attached hydrogen (secondary N) is 1. The highest BCUT2D eigenvalue weighted by molar-refractivity contribution is 7.98. The fourth-order valence-corrected chi connectivity index (χ4v) is 3.08. The highest BCUT2D eigenvalue weighted by Crippen LogP contribution is 2.38. The lowest BCUT2D eigenvalue weighted by molar-refractivity contribution is 0.285. The van der Waals surface area contributed by atoms with Crippen LogP contribution in [0.1, 0.15) is 16.7 Å². The number of methoxy groups -OCH3 is 1. The summed E-state index contributed by atoms with van der Waals surface area (Å²) >= 11 is 1.29. The molecule has 7 heteroatoms. The van der Waals surface area contributed by atoms with Crippen LogP contribution < -0.4 is 15.0 Å². The van der Waals surface area contributed by atoms with Gasteiger partial charge in [-0.15, -0.1) is 0 Å². The monoisotopic (exact) mass is 393 g/mol. The molecule has 0 aliphatic carbocycles. The van der Waals surface area contributed by atoms with E-state index in [4.69, 9.17) is 9.47 Å². The van der Waals surface area contributed by atoms with Gasteiger partial charge in [-0.05, 0) is 30.9 Å². The Labute approximate surface area is 167 Å². The van der Waals surface area contributed by atoms with Crippen LogP contribution in [-0.4, -0.2) is 23.3 Å². The van der Waals surface area contributed by atoms with Gasteiger partial charge >= 0.3 is 0 Å². The Kier molecular flexibility index (Phi) is 6.02. The second-order valence-corrected chi connectivity index (χ2v) is 6.82. The average Bonchev–Trinajstić information content (AvgIpc) is 2.72. The van der Waals surface area contributed by atoms with Crippen molar-refractivity contribution in [2.45, 2.75) is 18.7 Å². The molecule has 0 radical (unpaired) electrons. The first-order valence-corrected chi connectivity index (χ1v) is 9.74. The van der Waals surface area contributed by atoms with Crippen molar-refractivity contribution in [1.29, 1.82) is 5.26 Å². The van der Waals surface area contributed by atoms with Gasteiger partial charge in [-0.1, -0.05) is 47.7 Å². The van der Waals surface area contributed by atoms with Crippen molar-refractivity contribution in [3.05, 3.63) is 69.5 Å². The number of aromatic amines is 1. The van der Waals surface area contributed by atoms with Crippen molar-refractivity contribution in [2.24, 2.45) is 0 Å². The minimum Gasteiger partial charge on any atom is -0.493 e. The number of nitrogens with zero attached hydrogens (tertiary/aromatic N) is 2. The highest BCUT2D eigenvalue weighted by atomic mass is 32.2. The lowest BCUT2D eigenvalue weighted by Crippen LogP contribution is -2.15.